The van der Waals surface area contributed by atoms with Crippen LogP contribution in [0.5, 0.6) is 5.75 Å². The molecule has 0 saturated heterocycles. The zero-order chi connectivity index (χ0) is 19.9. The summed E-state index contributed by atoms with van der Waals surface area (Å²) < 4.78 is 10.4. The Balaban J connectivity index is 1.52. The molecule has 0 heterocycles. The Morgan fingerprint density at radius 3 is 2.57 bits per heavy atom. The molecule has 6 nitrogen and oxygen atoms in total. The molecule has 0 atom stereocenters. The highest BCUT2D eigenvalue weighted by atomic mass is 35.5. The van der Waals surface area contributed by atoms with Gasteiger partial charge in [0.2, 0.25) is 0 Å². The predicted octanol–water partition coefficient (Wildman–Crippen LogP) is 3.93. The summed E-state index contributed by atoms with van der Waals surface area (Å²) in [4.78, 5) is 23.8. The fourth-order valence-electron chi connectivity index (χ4n) is 2.55. The van der Waals surface area contributed by atoms with E-state index in [4.69, 9.17) is 26.3 Å². The van der Waals surface area contributed by atoms with Gasteiger partial charge in [-0.3, -0.25) is 4.79 Å². The number of nitrogens with one attached hydrogen (secondary N) is 1. The van der Waals surface area contributed by atoms with Crippen molar-refractivity contribution in [3.63, 3.8) is 0 Å². The van der Waals surface area contributed by atoms with E-state index in [1.807, 2.05) is 30.3 Å². The summed E-state index contributed by atoms with van der Waals surface area (Å²) >= 11 is 6.15. The van der Waals surface area contributed by atoms with E-state index in [1.165, 1.54) is 6.07 Å². The maximum absolute atomic E-state index is 11.9. The van der Waals surface area contributed by atoms with Gasteiger partial charge in [-0.15, -0.1) is 0 Å². The van der Waals surface area contributed by atoms with Crippen LogP contribution in [-0.4, -0.2) is 25.1 Å². The lowest BCUT2D eigenvalue weighted by Gasteiger charge is -2.10. The van der Waals surface area contributed by atoms with Crippen LogP contribution in [-0.2, 0) is 14.3 Å². The minimum absolute atomic E-state index is 0.344. The molecule has 28 heavy (non-hydrogen) atoms. The zero-order valence-electron chi connectivity index (χ0n) is 14.6. The van der Waals surface area contributed by atoms with Gasteiger partial charge in [0.1, 0.15) is 5.75 Å². The van der Waals surface area contributed by atoms with E-state index in [-0.39, 0.29) is 6.61 Å². The van der Waals surface area contributed by atoms with Crippen molar-refractivity contribution >= 4 is 39.9 Å². The smallest absolute Gasteiger partial charge is 0.344 e. The van der Waals surface area contributed by atoms with E-state index >= 15 is 0 Å². The van der Waals surface area contributed by atoms with Crippen LogP contribution in [0.15, 0.2) is 60.7 Å². The van der Waals surface area contributed by atoms with Gasteiger partial charge in [0.15, 0.2) is 13.2 Å². The number of hydrogen-bond acceptors (Lipinski definition) is 5. The van der Waals surface area contributed by atoms with Crippen LogP contribution in [0.4, 0.5) is 5.69 Å². The first-order valence-electron chi connectivity index (χ1n) is 8.32. The van der Waals surface area contributed by atoms with Crippen LogP contribution < -0.4 is 10.1 Å². The average Bonchev–Trinajstić information content (AvgIpc) is 2.72. The molecule has 0 unspecified atom stereocenters. The first-order chi connectivity index (χ1) is 13.6. The topological polar surface area (TPSA) is 88.4 Å². The van der Waals surface area contributed by atoms with Crippen molar-refractivity contribution in [2.24, 2.45) is 0 Å². The van der Waals surface area contributed by atoms with Crippen molar-refractivity contribution in [3.05, 3.63) is 71.2 Å². The van der Waals surface area contributed by atoms with Crippen molar-refractivity contribution in [3.8, 4) is 11.8 Å². The molecule has 0 aromatic heterocycles. The maximum atomic E-state index is 11.9. The third-order valence-corrected chi connectivity index (χ3v) is 4.15. The lowest BCUT2D eigenvalue weighted by Crippen LogP contribution is -2.23. The second-order valence-electron chi connectivity index (χ2n) is 5.78. The molecule has 0 bridgehead atoms. The van der Waals surface area contributed by atoms with Gasteiger partial charge in [-0.1, -0.05) is 41.9 Å². The number of halogens is 1. The van der Waals surface area contributed by atoms with Gasteiger partial charge in [-0.25, -0.2) is 4.79 Å². The van der Waals surface area contributed by atoms with Crippen LogP contribution in [0.1, 0.15) is 5.56 Å². The summed E-state index contributed by atoms with van der Waals surface area (Å²) in [5, 5.41) is 13.6. The molecule has 3 aromatic rings. The Morgan fingerprint density at radius 1 is 1.00 bits per heavy atom. The molecule has 0 aliphatic heterocycles. The second kappa shape index (κ2) is 8.89. The van der Waals surface area contributed by atoms with Crippen LogP contribution in [0.25, 0.3) is 10.8 Å². The number of amides is 1. The van der Waals surface area contributed by atoms with E-state index < -0.39 is 18.5 Å². The average molecular weight is 395 g/mol. The molecule has 1 N–H and O–H groups in total. The van der Waals surface area contributed by atoms with Gasteiger partial charge < -0.3 is 14.8 Å². The van der Waals surface area contributed by atoms with E-state index in [0.717, 1.165) is 10.8 Å². The van der Waals surface area contributed by atoms with Crippen molar-refractivity contribution in [1.29, 1.82) is 5.26 Å². The van der Waals surface area contributed by atoms with Gasteiger partial charge in [0.05, 0.1) is 11.6 Å². The van der Waals surface area contributed by atoms with Gasteiger partial charge in [-0.2, -0.15) is 5.26 Å². The molecule has 3 rings (SSSR count). The number of anilines is 1. The fraction of sp³-hybridized carbons (Fsp3) is 0.0952. The molecule has 0 radical (unpaired) electrons. The molecule has 0 aliphatic rings. The molecule has 0 aliphatic carbocycles. The monoisotopic (exact) mass is 394 g/mol. The van der Waals surface area contributed by atoms with Gasteiger partial charge in [0, 0.05) is 21.5 Å². The summed E-state index contributed by atoms with van der Waals surface area (Å²) in [5.74, 6) is -0.699. The van der Waals surface area contributed by atoms with E-state index in [2.05, 4.69) is 5.32 Å². The number of carbonyl (C=O) groups excluding carboxylic acids is 2. The third-order valence-electron chi connectivity index (χ3n) is 3.82. The molecule has 0 fully saturated rings. The number of fused-ring (bicyclic) bond motifs is 1. The molecular formula is C21H15ClN2O4. The number of esters is 1. The second-order valence-corrected chi connectivity index (χ2v) is 6.19. The maximum Gasteiger partial charge on any atom is 0.344 e. The fourth-order valence-corrected chi connectivity index (χ4v) is 2.78. The van der Waals surface area contributed by atoms with Gasteiger partial charge in [-0.05, 0) is 30.3 Å². The SMILES string of the molecule is N#Cc1cccc(NC(=O)COC(=O)COc2ccc(Cl)c3ccccc23)c1. The number of nitriles is 1. The minimum atomic E-state index is -0.681. The Labute approximate surface area is 166 Å². The highest BCUT2D eigenvalue weighted by molar-refractivity contribution is 6.35. The lowest BCUT2D eigenvalue weighted by atomic mass is 10.1. The van der Waals surface area contributed by atoms with Crippen molar-refractivity contribution in [1.82, 2.24) is 0 Å². The molecule has 140 valence electrons. The van der Waals surface area contributed by atoms with Crippen LogP contribution >= 0.6 is 11.6 Å². The number of carbonyl (C=O) groups is 2. The lowest BCUT2D eigenvalue weighted by molar-refractivity contribution is -0.149. The van der Waals surface area contributed by atoms with Gasteiger partial charge >= 0.3 is 5.97 Å². The summed E-state index contributed by atoms with van der Waals surface area (Å²) in [6.07, 6.45) is 0. The quantitative estimate of drug-likeness (QED) is 0.640. The third kappa shape index (κ3) is 4.78. The zero-order valence-corrected chi connectivity index (χ0v) is 15.4. The van der Waals surface area contributed by atoms with Crippen LogP contribution in [0.3, 0.4) is 0 Å². The van der Waals surface area contributed by atoms with Crippen LogP contribution in [0, 0.1) is 11.3 Å². The number of ether oxygens (including phenoxy) is 2. The molecule has 0 spiro atoms. The Kier molecular flexibility index (Phi) is 6.10. The predicted molar refractivity (Wildman–Crippen MR) is 105 cm³/mol. The van der Waals surface area contributed by atoms with E-state index in [0.29, 0.717) is 22.0 Å². The molecule has 3 aromatic carbocycles. The highest BCUT2D eigenvalue weighted by Gasteiger charge is 2.11. The van der Waals surface area contributed by atoms with E-state index in [9.17, 15) is 9.59 Å². The Morgan fingerprint density at radius 2 is 1.79 bits per heavy atom. The summed E-state index contributed by atoms with van der Waals surface area (Å²) in [5.41, 5.74) is 0.863. The number of nitrogens with zero attached hydrogens (tertiary/aromatic N) is 1. The van der Waals surface area contributed by atoms with Gasteiger partial charge in [0.25, 0.3) is 5.91 Å². The summed E-state index contributed by atoms with van der Waals surface area (Å²) in [7, 11) is 0. The van der Waals surface area contributed by atoms with Crippen molar-refractivity contribution in [2.45, 2.75) is 0 Å². The summed E-state index contributed by atoms with van der Waals surface area (Å²) in [6, 6.07) is 19.2. The molecule has 7 heteroatoms. The normalized spacial score (nSPS) is 10.1. The number of hydrogen-bond donors (Lipinski definition) is 1. The van der Waals surface area contributed by atoms with Crippen molar-refractivity contribution in [2.75, 3.05) is 18.5 Å². The largest absolute Gasteiger partial charge is 0.481 e. The van der Waals surface area contributed by atoms with E-state index in [1.54, 1.807) is 30.3 Å². The Hall–Kier alpha value is -3.56. The number of rotatable bonds is 6. The molecule has 1 amide bonds. The molecular weight excluding hydrogens is 380 g/mol. The molecule has 0 saturated carbocycles. The number of benzene rings is 3. The first kappa shape index (κ1) is 19.2. The van der Waals surface area contributed by atoms with Crippen molar-refractivity contribution < 1.29 is 19.1 Å². The van der Waals surface area contributed by atoms with Crippen LogP contribution in [0.2, 0.25) is 5.02 Å². The minimum Gasteiger partial charge on any atom is -0.481 e. The first-order valence-corrected chi connectivity index (χ1v) is 8.70. The summed E-state index contributed by atoms with van der Waals surface area (Å²) in [6.45, 7) is -0.802. The standard InChI is InChI=1S/C21H15ClN2O4/c22-18-8-9-19(17-7-2-1-6-16(17)18)27-13-21(26)28-12-20(25)24-15-5-3-4-14(10-15)11-23/h1-10H,12-13H2,(H,24,25). The highest BCUT2D eigenvalue weighted by Crippen LogP contribution is 2.31. The Bertz CT molecular complexity index is 1080.